The molecule has 1 N–H and O–H groups in total. The Balaban J connectivity index is 1.54. The van der Waals surface area contributed by atoms with E-state index in [1.54, 1.807) is 24.0 Å². The van der Waals surface area contributed by atoms with Gasteiger partial charge in [0, 0.05) is 25.2 Å². The summed E-state index contributed by atoms with van der Waals surface area (Å²) in [5.41, 5.74) is 1.92. The molecule has 8 nitrogen and oxygen atoms in total. The highest BCUT2D eigenvalue weighted by atomic mass is 32.2. The van der Waals surface area contributed by atoms with Gasteiger partial charge in [0.1, 0.15) is 0 Å². The van der Waals surface area contributed by atoms with Crippen LogP contribution in [0.3, 0.4) is 0 Å². The second-order valence-electron chi connectivity index (χ2n) is 7.92. The molecule has 1 aliphatic rings. The fourth-order valence-corrected chi connectivity index (χ4v) is 5.00. The molecule has 0 spiro atoms. The van der Waals surface area contributed by atoms with Crippen molar-refractivity contribution in [3.05, 3.63) is 65.5 Å². The van der Waals surface area contributed by atoms with E-state index in [4.69, 9.17) is 4.52 Å². The van der Waals surface area contributed by atoms with Crippen LogP contribution in [0.15, 0.2) is 57.9 Å². The average molecular weight is 455 g/mol. The van der Waals surface area contributed by atoms with Crippen LogP contribution in [-0.4, -0.2) is 42.5 Å². The summed E-state index contributed by atoms with van der Waals surface area (Å²) in [6, 6.07) is 14.2. The van der Waals surface area contributed by atoms with Gasteiger partial charge in [-0.05, 0) is 37.0 Å². The van der Waals surface area contributed by atoms with E-state index >= 15 is 0 Å². The lowest BCUT2D eigenvalue weighted by Gasteiger charge is -2.17. The Labute approximate surface area is 187 Å². The first-order valence-corrected chi connectivity index (χ1v) is 12.2. The van der Waals surface area contributed by atoms with Crippen molar-refractivity contribution in [2.24, 2.45) is 0 Å². The zero-order valence-electron chi connectivity index (χ0n) is 18.0. The molecule has 2 aromatic carbocycles. The molecule has 168 valence electrons. The van der Waals surface area contributed by atoms with Crippen LogP contribution in [0.4, 0.5) is 0 Å². The minimum atomic E-state index is -3.76. The number of rotatable bonds is 6. The maximum atomic E-state index is 12.9. The van der Waals surface area contributed by atoms with Crippen molar-refractivity contribution >= 4 is 15.9 Å². The smallest absolute Gasteiger partial charge is 0.316 e. The number of carbonyl (C=O) groups is 1. The number of benzene rings is 2. The summed E-state index contributed by atoms with van der Waals surface area (Å²) in [6.07, 6.45) is 4.14. The molecular formula is C23H26N4O4S. The molecule has 1 aliphatic heterocycles. The largest absolute Gasteiger partial charge is 0.334 e. The summed E-state index contributed by atoms with van der Waals surface area (Å²) in [5, 5.41) is 3.92. The summed E-state index contributed by atoms with van der Waals surface area (Å²) < 4.78 is 33.7. The zero-order chi connectivity index (χ0) is 22.6. The molecular weight excluding hydrogens is 428 g/mol. The van der Waals surface area contributed by atoms with Gasteiger partial charge in [-0.15, -0.1) is 0 Å². The molecule has 4 rings (SSSR count). The third-order valence-electron chi connectivity index (χ3n) is 5.55. The van der Waals surface area contributed by atoms with Crippen molar-refractivity contribution in [1.29, 1.82) is 0 Å². The predicted molar refractivity (Wildman–Crippen MR) is 119 cm³/mol. The number of likely N-dealkylation sites (tertiary alicyclic amines) is 1. The summed E-state index contributed by atoms with van der Waals surface area (Å²) >= 11 is 0. The van der Waals surface area contributed by atoms with E-state index in [0.717, 1.165) is 31.2 Å². The lowest BCUT2D eigenvalue weighted by molar-refractivity contribution is 0.0711. The highest BCUT2D eigenvalue weighted by molar-refractivity contribution is 7.89. The van der Waals surface area contributed by atoms with Crippen molar-refractivity contribution < 1.29 is 17.7 Å². The molecule has 1 saturated heterocycles. The highest BCUT2D eigenvalue weighted by Crippen LogP contribution is 2.24. The Hall–Kier alpha value is -3.04. The van der Waals surface area contributed by atoms with Crippen molar-refractivity contribution in [2.45, 2.75) is 44.0 Å². The number of aromatic nitrogens is 2. The Bertz CT molecular complexity index is 1180. The first-order valence-electron chi connectivity index (χ1n) is 10.7. The van der Waals surface area contributed by atoms with Crippen molar-refractivity contribution in [1.82, 2.24) is 19.8 Å². The van der Waals surface area contributed by atoms with Gasteiger partial charge < -0.3 is 9.42 Å². The summed E-state index contributed by atoms with van der Waals surface area (Å²) in [4.78, 5) is 18.8. The van der Waals surface area contributed by atoms with Gasteiger partial charge in [-0.25, -0.2) is 13.1 Å². The van der Waals surface area contributed by atoms with E-state index in [-0.39, 0.29) is 29.1 Å². The minimum absolute atomic E-state index is 0.0749. The van der Waals surface area contributed by atoms with Gasteiger partial charge in [-0.3, -0.25) is 4.79 Å². The highest BCUT2D eigenvalue weighted by Gasteiger charge is 2.24. The molecule has 2 heterocycles. The van der Waals surface area contributed by atoms with E-state index in [1.807, 2.05) is 30.3 Å². The monoisotopic (exact) mass is 454 g/mol. The van der Waals surface area contributed by atoms with Gasteiger partial charge in [0.15, 0.2) is 0 Å². The molecule has 1 fully saturated rings. The Morgan fingerprint density at radius 2 is 1.78 bits per heavy atom. The molecule has 0 bridgehead atoms. The van der Waals surface area contributed by atoms with Gasteiger partial charge in [0.2, 0.25) is 15.8 Å². The van der Waals surface area contributed by atoms with Gasteiger partial charge >= 0.3 is 11.8 Å². The predicted octanol–water partition coefficient (Wildman–Crippen LogP) is 3.54. The van der Waals surface area contributed by atoms with E-state index < -0.39 is 10.0 Å². The van der Waals surface area contributed by atoms with Gasteiger partial charge in [-0.1, -0.05) is 60.5 Å². The van der Waals surface area contributed by atoms with Gasteiger partial charge in [-0.2, -0.15) is 4.98 Å². The first kappa shape index (κ1) is 22.2. The molecule has 0 aliphatic carbocycles. The number of hydrogen-bond acceptors (Lipinski definition) is 6. The fraction of sp³-hybridized carbons (Fsp3) is 0.348. The number of carbonyl (C=O) groups excluding carboxylic acids is 1. The van der Waals surface area contributed by atoms with Crippen LogP contribution in [-0.2, 0) is 16.6 Å². The summed E-state index contributed by atoms with van der Waals surface area (Å²) in [7, 11) is -3.76. The molecule has 0 unspecified atom stereocenters. The van der Waals surface area contributed by atoms with E-state index in [0.29, 0.717) is 24.2 Å². The number of hydrogen-bond donors (Lipinski definition) is 1. The van der Waals surface area contributed by atoms with Gasteiger partial charge in [0.05, 0.1) is 4.90 Å². The van der Waals surface area contributed by atoms with E-state index in [1.165, 1.54) is 6.07 Å². The van der Waals surface area contributed by atoms with Crippen LogP contribution in [0.25, 0.3) is 11.4 Å². The van der Waals surface area contributed by atoms with Crippen LogP contribution < -0.4 is 4.72 Å². The molecule has 32 heavy (non-hydrogen) atoms. The fourth-order valence-electron chi connectivity index (χ4n) is 3.72. The number of nitrogens with zero attached hydrogens (tertiary/aromatic N) is 3. The number of amides is 1. The minimum Gasteiger partial charge on any atom is -0.334 e. The van der Waals surface area contributed by atoms with E-state index in [9.17, 15) is 13.2 Å². The molecule has 3 aromatic rings. The van der Waals surface area contributed by atoms with Crippen molar-refractivity contribution in [3.63, 3.8) is 0 Å². The normalized spacial score (nSPS) is 14.8. The van der Waals surface area contributed by atoms with E-state index in [2.05, 4.69) is 14.9 Å². The molecule has 9 heteroatoms. The van der Waals surface area contributed by atoms with Crippen LogP contribution in [0.1, 0.15) is 47.5 Å². The Morgan fingerprint density at radius 3 is 2.50 bits per heavy atom. The SMILES string of the molecule is Cc1ccc(-c2noc(C(=O)N3CCCCCC3)n2)cc1S(=O)(=O)NCc1ccccc1. The summed E-state index contributed by atoms with van der Waals surface area (Å²) in [6.45, 7) is 3.27. The van der Waals surface area contributed by atoms with Gasteiger partial charge in [0.25, 0.3) is 0 Å². The quantitative estimate of drug-likeness (QED) is 0.611. The topological polar surface area (TPSA) is 105 Å². The zero-order valence-corrected chi connectivity index (χ0v) is 18.8. The van der Waals surface area contributed by atoms with Crippen LogP contribution in [0, 0.1) is 6.92 Å². The maximum Gasteiger partial charge on any atom is 0.316 e. The van der Waals surface area contributed by atoms with Crippen LogP contribution in [0.2, 0.25) is 0 Å². The van der Waals surface area contributed by atoms with Crippen LogP contribution in [0.5, 0.6) is 0 Å². The maximum absolute atomic E-state index is 12.9. The second kappa shape index (κ2) is 9.62. The standard InChI is InChI=1S/C23H26N4O4S/c1-17-11-12-19(15-20(17)32(29,30)24-16-18-9-5-4-6-10-18)21-25-22(31-26-21)23(28)27-13-7-2-3-8-14-27/h4-6,9-12,15,24H,2-3,7-8,13-14,16H2,1H3. The van der Waals surface area contributed by atoms with Crippen molar-refractivity contribution in [3.8, 4) is 11.4 Å². The average Bonchev–Trinajstić information content (AvgIpc) is 3.13. The first-order chi connectivity index (χ1) is 15.4. The molecule has 0 radical (unpaired) electrons. The Kier molecular flexibility index (Phi) is 6.66. The molecule has 0 saturated carbocycles. The third-order valence-corrected chi connectivity index (χ3v) is 7.09. The summed E-state index contributed by atoms with van der Waals surface area (Å²) in [5.74, 6) is -0.174. The Morgan fingerprint density at radius 1 is 1.06 bits per heavy atom. The van der Waals surface area contributed by atoms with Crippen molar-refractivity contribution in [2.75, 3.05) is 13.1 Å². The van der Waals surface area contributed by atoms with Crippen LogP contribution >= 0.6 is 0 Å². The third kappa shape index (κ3) is 5.05. The number of nitrogens with one attached hydrogen (secondary N) is 1. The lowest BCUT2D eigenvalue weighted by Crippen LogP contribution is -2.32. The lowest BCUT2D eigenvalue weighted by atomic mass is 10.1. The number of aryl methyl sites for hydroxylation is 1. The molecule has 0 atom stereocenters. The molecule has 1 aromatic heterocycles. The molecule has 1 amide bonds. The second-order valence-corrected chi connectivity index (χ2v) is 9.66. The number of sulfonamides is 1.